The van der Waals surface area contributed by atoms with Crippen LogP contribution in [-0.2, 0) is 4.74 Å². The molecular formula is C13H9N3O2. The summed E-state index contributed by atoms with van der Waals surface area (Å²) >= 11 is 0. The molecular weight excluding hydrogens is 230 g/mol. The van der Waals surface area contributed by atoms with Crippen LogP contribution in [-0.4, -0.2) is 23.0 Å². The van der Waals surface area contributed by atoms with E-state index in [1.807, 2.05) is 6.07 Å². The Morgan fingerprint density at radius 2 is 2.17 bits per heavy atom. The number of ether oxygens (including phenoxy) is 1. The molecule has 2 heterocycles. The number of rotatable bonds is 2. The number of esters is 1. The molecule has 18 heavy (non-hydrogen) atoms. The summed E-state index contributed by atoms with van der Waals surface area (Å²) in [5.74, 6) is -0.484. The van der Waals surface area contributed by atoms with Gasteiger partial charge in [0.1, 0.15) is 17.5 Å². The lowest BCUT2D eigenvalue weighted by molar-refractivity contribution is 0.0601. The summed E-state index contributed by atoms with van der Waals surface area (Å²) in [6, 6.07) is 10.2. The van der Waals surface area contributed by atoms with E-state index in [0.717, 1.165) is 0 Å². The molecule has 0 unspecified atom stereocenters. The van der Waals surface area contributed by atoms with Crippen LogP contribution in [0.5, 0.6) is 0 Å². The number of carbonyl (C=O) groups is 1. The summed E-state index contributed by atoms with van der Waals surface area (Å²) in [5, 5.41) is 8.81. The van der Waals surface area contributed by atoms with Crippen LogP contribution in [0.4, 0.5) is 0 Å². The van der Waals surface area contributed by atoms with Crippen molar-refractivity contribution in [2.75, 3.05) is 7.11 Å². The minimum atomic E-state index is -0.484. The lowest BCUT2D eigenvalue weighted by Gasteiger charge is -2.05. The number of nitriles is 1. The first-order valence-electron chi connectivity index (χ1n) is 5.17. The van der Waals surface area contributed by atoms with Crippen LogP contribution in [0, 0.1) is 11.3 Å². The number of hydrogen-bond acceptors (Lipinski definition) is 5. The van der Waals surface area contributed by atoms with Crippen molar-refractivity contribution >= 4 is 5.97 Å². The first kappa shape index (κ1) is 11.7. The maximum Gasteiger partial charge on any atom is 0.340 e. The quantitative estimate of drug-likeness (QED) is 0.747. The Balaban J connectivity index is 2.57. The predicted molar refractivity (Wildman–Crippen MR) is 63.5 cm³/mol. The van der Waals surface area contributed by atoms with Gasteiger partial charge in [0.05, 0.1) is 18.4 Å². The standard InChI is InChI=1S/C13H9N3O2/c1-18-13(17)10-5-3-7-15-12(10)11-6-2-4-9(8-14)16-11/h2-7H,1H3. The smallest absolute Gasteiger partial charge is 0.340 e. The first-order valence-corrected chi connectivity index (χ1v) is 5.17. The molecule has 0 aromatic carbocycles. The first-order chi connectivity index (χ1) is 8.76. The monoisotopic (exact) mass is 239 g/mol. The molecule has 2 aromatic rings. The van der Waals surface area contributed by atoms with Gasteiger partial charge < -0.3 is 4.74 Å². The van der Waals surface area contributed by atoms with E-state index in [4.69, 9.17) is 5.26 Å². The van der Waals surface area contributed by atoms with Gasteiger partial charge in [-0.25, -0.2) is 9.78 Å². The van der Waals surface area contributed by atoms with Gasteiger partial charge in [0.2, 0.25) is 0 Å². The molecule has 0 aliphatic heterocycles. The van der Waals surface area contributed by atoms with Crippen molar-refractivity contribution < 1.29 is 9.53 Å². The molecule has 0 aliphatic rings. The summed E-state index contributed by atoms with van der Waals surface area (Å²) in [7, 11) is 1.30. The minimum Gasteiger partial charge on any atom is -0.465 e. The van der Waals surface area contributed by atoms with Crippen LogP contribution in [0.25, 0.3) is 11.4 Å². The molecule has 0 N–H and O–H groups in total. The van der Waals surface area contributed by atoms with Gasteiger partial charge in [-0.15, -0.1) is 0 Å². The second kappa shape index (κ2) is 5.06. The predicted octanol–water partition coefficient (Wildman–Crippen LogP) is 1.80. The van der Waals surface area contributed by atoms with E-state index in [1.54, 1.807) is 36.5 Å². The molecule has 0 fully saturated rings. The highest BCUT2D eigenvalue weighted by Gasteiger charge is 2.15. The third kappa shape index (κ3) is 2.18. The topological polar surface area (TPSA) is 75.9 Å². The van der Waals surface area contributed by atoms with E-state index in [2.05, 4.69) is 14.7 Å². The highest BCUT2D eigenvalue weighted by atomic mass is 16.5. The van der Waals surface area contributed by atoms with Crippen LogP contribution >= 0.6 is 0 Å². The van der Waals surface area contributed by atoms with E-state index in [0.29, 0.717) is 17.0 Å². The lowest BCUT2D eigenvalue weighted by atomic mass is 10.1. The number of nitrogens with zero attached hydrogens (tertiary/aromatic N) is 3. The van der Waals surface area contributed by atoms with Crippen molar-refractivity contribution in [3.05, 3.63) is 47.8 Å². The molecule has 0 bridgehead atoms. The highest BCUT2D eigenvalue weighted by Crippen LogP contribution is 2.19. The zero-order chi connectivity index (χ0) is 13.0. The summed E-state index contributed by atoms with van der Waals surface area (Å²) in [6.07, 6.45) is 1.56. The van der Waals surface area contributed by atoms with Crippen molar-refractivity contribution in [1.29, 1.82) is 5.26 Å². The van der Waals surface area contributed by atoms with Gasteiger partial charge in [-0.3, -0.25) is 4.98 Å². The number of carbonyl (C=O) groups excluding carboxylic acids is 1. The average Bonchev–Trinajstić information content (AvgIpc) is 2.46. The van der Waals surface area contributed by atoms with E-state index in [-0.39, 0.29) is 5.69 Å². The Kier molecular flexibility index (Phi) is 3.30. The van der Waals surface area contributed by atoms with Gasteiger partial charge in [0, 0.05) is 6.20 Å². The lowest BCUT2D eigenvalue weighted by Crippen LogP contribution is -2.05. The molecule has 2 aromatic heterocycles. The maximum atomic E-state index is 11.6. The molecule has 0 atom stereocenters. The number of methoxy groups -OCH3 is 1. The zero-order valence-corrected chi connectivity index (χ0v) is 9.62. The molecule has 5 heteroatoms. The Morgan fingerprint density at radius 3 is 2.89 bits per heavy atom. The van der Waals surface area contributed by atoms with Crippen molar-refractivity contribution in [1.82, 2.24) is 9.97 Å². The molecule has 88 valence electrons. The normalized spacial score (nSPS) is 9.56. The minimum absolute atomic E-state index is 0.272. The molecule has 0 saturated carbocycles. The van der Waals surface area contributed by atoms with Gasteiger partial charge in [-0.1, -0.05) is 6.07 Å². The van der Waals surface area contributed by atoms with Crippen molar-refractivity contribution in [3.63, 3.8) is 0 Å². The third-order valence-corrected chi connectivity index (χ3v) is 2.32. The Morgan fingerprint density at radius 1 is 1.33 bits per heavy atom. The summed E-state index contributed by atoms with van der Waals surface area (Å²) in [4.78, 5) is 19.8. The van der Waals surface area contributed by atoms with Crippen molar-refractivity contribution in [2.24, 2.45) is 0 Å². The van der Waals surface area contributed by atoms with E-state index in [1.165, 1.54) is 7.11 Å². The molecule has 5 nitrogen and oxygen atoms in total. The second-order valence-corrected chi connectivity index (χ2v) is 3.41. The van der Waals surface area contributed by atoms with Crippen LogP contribution in [0.2, 0.25) is 0 Å². The highest BCUT2D eigenvalue weighted by molar-refractivity contribution is 5.95. The van der Waals surface area contributed by atoms with Gasteiger partial charge in [-0.05, 0) is 24.3 Å². The van der Waals surface area contributed by atoms with Crippen LogP contribution in [0.1, 0.15) is 16.1 Å². The van der Waals surface area contributed by atoms with Gasteiger partial charge in [-0.2, -0.15) is 5.26 Å². The zero-order valence-electron chi connectivity index (χ0n) is 9.62. The fourth-order valence-corrected chi connectivity index (χ4v) is 1.51. The molecule has 0 aliphatic carbocycles. The molecule has 2 rings (SSSR count). The van der Waals surface area contributed by atoms with Gasteiger partial charge in [0.15, 0.2) is 0 Å². The van der Waals surface area contributed by atoms with Gasteiger partial charge >= 0.3 is 5.97 Å². The van der Waals surface area contributed by atoms with Crippen molar-refractivity contribution in [3.8, 4) is 17.5 Å². The number of aromatic nitrogens is 2. The van der Waals surface area contributed by atoms with Gasteiger partial charge in [0.25, 0.3) is 0 Å². The van der Waals surface area contributed by atoms with Crippen molar-refractivity contribution in [2.45, 2.75) is 0 Å². The third-order valence-electron chi connectivity index (χ3n) is 2.32. The number of hydrogen-bond donors (Lipinski definition) is 0. The summed E-state index contributed by atoms with van der Waals surface area (Å²) < 4.78 is 4.68. The fourth-order valence-electron chi connectivity index (χ4n) is 1.51. The largest absolute Gasteiger partial charge is 0.465 e. The molecule has 0 saturated heterocycles. The Hall–Kier alpha value is -2.74. The number of pyridine rings is 2. The average molecular weight is 239 g/mol. The van der Waals surface area contributed by atoms with E-state index in [9.17, 15) is 4.79 Å². The summed E-state index contributed by atoms with van der Waals surface area (Å²) in [6.45, 7) is 0. The van der Waals surface area contributed by atoms with E-state index < -0.39 is 5.97 Å². The van der Waals surface area contributed by atoms with Crippen LogP contribution in [0.3, 0.4) is 0 Å². The molecule has 0 amide bonds. The fraction of sp³-hybridized carbons (Fsp3) is 0.0769. The van der Waals surface area contributed by atoms with Crippen LogP contribution in [0.15, 0.2) is 36.5 Å². The second-order valence-electron chi connectivity index (χ2n) is 3.41. The Bertz CT molecular complexity index is 632. The maximum absolute atomic E-state index is 11.6. The molecule has 0 radical (unpaired) electrons. The molecule has 0 spiro atoms. The Labute approximate surface area is 104 Å². The SMILES string of the molecule is COC(=O)c1cccnc1-c1cccc(C#N)n1. The summed E-state index contributed by atoms with van der Waals surface area (Å²) in [5.41, 5.74) is 1.47. The van der Waals surface area contributed by atoms with Crippen LogP contribution < -0.4 is 0 Å². The van der Waals surface area contributed by atoms with E-state index >= 15 is 0 Å².